The van der Waals surface area contributed by atoms with Crippen LogP contribution in [0.3, 0.4) is 0 Å². The van der Waals surface area contributed by atoms with Crippen molar-refractivity contribution in [3.63, 3.8) is 0 Å². The molecule has 0 radical (unpaired) electrons. The molecule has 1 fully saturated rings. The van der Waals surface area contributed by atoms with Crippen molar-refractivity contribution in [3.8, 4) is 0 Å². The number of aryl methyl sites for hydroxylation is 2. The van der Waals surface area contributed by atoms with Crippen LogP contribution in [0.2, 0.25) is 0 Å². The number of nitrogens with one attached hydrogen (secondary N) is 1. The smallest absolute Gasteiger partial charge is 0.262 e. The van der Waals surface area contributed by atoms with E-state index in [1.54, 1.807) is 21.8 Å². The molecule has 10 heteroatoms. The molecule has 1 N–H and O–H groups in total. The van der Waals surface area contributed by atoms with Gasteiger partial charge in [-0.1, -0.05) is 0 Å². The van der Waals surface area contributed by atoms with Crippen molar-refractivity contribution in [1.29, 1.82) is 0 Å². The van der Waals surface area contributed by atoms with Gasteiger partial charge in [0.1, 0.15) is 9.77 Å². The van der Waals surface area contributed by atoms with Gasteiger partial charge in [0, 0.05) is 44.4 Å². The van der Waals surface area contributed by atoms with Crippen molar-refractivity contribution in [1.82, 2.24) is 19.4 Å². The second-order valence-corrected chi connectivity index (χ2v) is 10.1. The fraction of sp³-hybridized carbons (Fsp3) is 0.500. The van der Waals surface area contributed by atoms with Gasteiger partial charge >= 0.3 is 0 Å². The summed E-state index contributed by atoms with van der Waals surface area (Å²) >= 11 is 2.92. The lowest BCUT2D eigenvalue weighted by Crippen LogP contribution is -2.38. The van der Waals surface area contributed by atoms with Gasteiger partial charge in [-0.05, 0) is 29.9 Å². The van der Waals surface area contributed by atoms with E-state index >= 15 is 0 Å². The minimum Gasteiger partial charge on any atom is -0.351 e. The standard InChI is InChI=1S/C16H22N4O3S3/c1-19-12-13(11-18-19)3-2-5-17-16(21)15-14(4-8-25-15)26(22,23)20-6-9-24-10-7-20/h4,8,11-12H,2-3,5-7,9-10H2,1H3,(H,17,21). The highest BCUT2D eigenvalue weighted by Gasteiger charge is 2.30. The fourth-order valence-corrected chi connectivity index (χ4v) is 6.66. The molecule has 0 bridgehead atoms. The average Bonchev–Trinajstić information content (AvgIpc) is 3.29. The Labute approximate surface area is 161 Å². The topological polar surface area (TPSA) is 84.3 Å². The summed E-state index contributed by atoms with van der Waals surface area (Å²) in [6, 6.07) is 1.53. The van der Waals surface area contributed by atoms with Crippen LogP contribution >= 0.6 is 23.1 Å². The molecule has 1 amide bonds. The first-order valence-electron chi connectivity index (χ1n) is 8.39. The maximum atomic E-state index is 12.8. The second kappa shape index (κ2) is 8.55. The summed E-state index contributed by atoms with van der Waals surface area (Å²) in [7, 11) is -1.74. The maximum Gasteiger partial charge on any atom is 0.262 e. The third-order valence-electron chi connectivity index (χ3n) is 4.11. The van der Waals surface area contributed by atoms with Crippen molar-refractivity contribution >= 4 is 39.0 Å². The minimum atomic E-state index is -3.61. The van der Waals surface area contributed by atoms with Gasteiger partial charge in [-0.3, -0.25) is 9.48 Å². The summed E-state index contributed by atoms with van der Waals surface area (Å²) in [4.78, 5) is 12.9. The number of thiophene rings is 1. The van der Waals surface area contributed by atoms with Gasteiger partial charge in [-0.2, -0.15) is 21.2 Å². The first-order valence-corrected chi connectivity index (χ1v) is 11.9. The zero-order chi connectivity index (χ0) is 18.6. The van der Waals surface area contributed by atoms with E-state index in [4.69, 9.17) is 0 Å². The van der Waals surface area contributed by atoms with Gasteiger partial charge in [0.2, 0.25) is 10.0 Å². The molecule has 0 aromatic carbocycles. The minimum absolute atomic E-state index is 0.124. The Morgan fingerprint density at radius 1 is 1.35 bits per heavy atom. The Morgan fingerprint density at radius 2 is 2.12 bits per heavy atom. The Morgan fingerprint density at radius 3 is 2.81 bits per heavy atom. The molecule has 1 aliphatic heterocycles. The third-order valence-corrected chi connectivity index (χ3v) is 8.04. The molecule has 1 saturated heterocycles. The summed E-state index contributed by atoms with van der Waals surface area (Å²) in [6.45, 7) is 1.48. The normalized spacial score (nSPS) is 15.9. The molecule has 2 aromatic heterocycles. The predicted molar refractivity (Wildman–Crippen MR) is 104 cm³/mol. The molecule has 7 nitrogen and oxygen atoms in total. The lowest BCUT2D eigenvalue weighted by molar-refractivity contribution is 0.0954. The molecule has 0 atom stereocenters. The summed E-state index contributed by atoms with van der Waals surface area (Å²) in [5.41, 5.74) is 1.11. The van der Waals surface area contributed by atoms with E-state index < -0.39 is 10.0 Å². The molecule has 0 spiro atoms. The van der Waals surface area contributed by atoms with Gasteiger partial charge in [0.05, 0.1) is 6.20 Å². The predicted octanol–water partition coefficient (Wildman–Crippen LogP) is 1.58. The number of sulfonamides is 1. The van der Waals surface area contributed by atoms with E-state index in [2.05, 4.69) is 10.4 Å². The Hall–Kier alpha value is -1.36. The molecule has 3 heterocycles. The number of thioether (sulfide) groups is 1. The molecular weight excluding hydrogens is 392 g/mol. The largest absolute Gasteiger partial charge is 0.351 e. The molecule has 3 rings (SSSR count). The van der Waals surface area contributed by atoms with Crippen LogP contribution in [0.15, 0.2) is 28.7 Å². The van der Waals surface area contributed by atoms with Gasteiger partial charge in [0.25, 0.3) is 5.91 Å². The van der Waals surface area contributed by atoms with Crippen LogP contribution in [-0.2, 0) is 23.5 Å². The number of amides is 1. The van der Waals surface area contributed by atoms with Gasteiger partial charge < -0.3 is 5.32 Å². The van der Waals surface area contributed by atoms with Crippen LogP contribution in [0.25, 0.3) is 0 Å². The molecular formula is C16H22N4O3S3. The molecule has 1 aliphatic rings. The Kier molecular flexibility index (Phi) is 6.38. The van der Waals surface area contributed by atoms with E-state index in [1.807, 2.05) is 19.4 Å². The lowest BCUT2D eigenvalue weighted by atomic mass is 10.2. The average molecular weight is 415 g/mol. The lowest BCUT2D eigenvalue weighted by Gasteiger charge is -2.25. The van der Waals surface area contributed by atoms with Crippen molar-refractivity contribution in [2.24, 2.45) is 7.05 Å². The monoisotopic (exact) mass is 414 g/mol. The summed E-state index contributed by atoms with van der Waals surface area (Å²) in [5, 5.41) is 8.61. The van der Waals surface area contributed by atoms with Crippen LogP contribution < -0.4 is 5.32 Å². The highest BCUT2D eigenvalue weighted by atomic mass is 32.2. The number of carbonyl (C=O) groups is 1. The van der Waals surface area contributed by atoms with E-state index in [1.165, 1.54) is 21.7 Å². The van der Waals surface area contributed by atoms with Crippen LogP contribution in [0, 0.1) is 0 Å². The SMILES string of the molecule is Cn1cc(CCCNC(=O)c2sccc2S(=O)(=O)N2CCSCC2)cn1. The van der Waals surface area contributed by atoms with Crippen molar-refractivity contribution in [3.05, 3.63) is 34.3 Å². The number of hydrogen-bond donors (Lipinski definition) is 1. The zero-order valence-electron chi connectivity index (χ0n) is 14.6. The second-order valence-electron chi connectivity index (χ2n) is 6.01. The number of rotatable bonds is 7. The molecule has 0 saturated carbocycles. The third kappa shape index (κ3) is 4.48. The van der Waals surface area contributed by atoms with Crippen molar-refractivity contribution in [2.45, 2.75) is 17.7 Å². The van der Waals surface area contributed by atoms with Crippen LogP contribution in [0.5, 0.6) is 0 Å². The summed E-state index contributed by atoms with van der Waals surface area (Å²) in [5.74, 6) is 1.26. The fourth-order valence-electron chi connectivity index (χ4n) is 2.77. The summed E-state index contributed by atoms with van der Waals surface area (Å²) in [6.07, 6.45) is 5.34. The highest BCUT2D eigenvalue weighted by molar-refractivity contribution is 7.99. The van der Waals surface area contributed by atoms with Crippen molar-refractivity contribution < 1.29 is 13.2 Å². The number of hydrogen-bond acceptors (Lipinski definition) is 6. The highest BCUT2D eigenvalue weighted by Crippen LogP contribution is 2.27. The van der Waals surface area contributed by atoms with E-state index in [-0.39, 0.29) is 15.7 Å². The molecule has 0 aliphatic carbocycles. The Bertz CT molecular complexity index is 854. The number of nitrogens with zero attached hydrogens (tertiary/aromatic N) is 3. The molecule has 0 unspecified atom stereocenters. The summed E-state index contributed by atoms with van der Waals surface area (Å²) < 4.78 is 28.9. The first-order chi connectivity index (χ1) is 12.5. The molecule has 142 valence electrons. The molecule has 2 aromatic rings. The van der Waals surface area contributed by atoms with Gasteiger partial charge in [0.15, 0.2) is 0 Å². The first kappa shape index (κ1) is 19.4. The van der Waals surface area contributed by atoms with Gasteiger partial charge in [-0.15, -0.1) is 11.3 Å². The Balaban J connectivity index is 1.59. The number of aromatic nitrogens is 2. The quantitative estimate of drug-likeness (QED) is 0.696. The van der Waals surface area contributed by atoms with E-state index in [0.29, 0.717) is 19.6 Å². The van der Waals surface area contributed by atoms with Crippen LogP contribution in [0.1, 0.15) is 21.7 Å². The zero-order valence-corrected chi connectivity index (χ0v) is 17.0. The maximum absolute atomic E-state index is 12.8. The van der Waals surface area contributed by atoms with E-state index in [0.717, 1.165) is 29.9 Å². The van der Waals surface area contributed by atoms with Gasteiger partial charge in [-0.25, -0.2) is 8.42 Å². The van der Waals surface area contributed by atoms with Crippen molar-refractivity contribution in [2.75, 3.05) is 31.1 Å². The van der Waals surface area contributed by atoms with E-state index in [9.17, 15) is 13.2 Å². The van der Waals surface area contributed by atoms with Crippen LogP contribution in [0.4, 0.5) is 0 Å². The van der Waals surface area contributed by atoms with Crippen LogP contribution in [-0.4, -0.2) is 59.6 Å². The molecule has 26 heavy (non-hydrogen) atoms. The number of carbonyl (C=O) groups excluding carboxylic acids is 1.